The van der Waals surface area contributed by atoms with Crippen molar-refractivity contribution < 1.29 is 22.0 Å². The minimum Gasteiger partial charge on any atom is -0.290 e. The smallest absolute Gasteiger partial charge is 0.290 e. The Morgan fingerprint density at radius 2 is 1.90 bits per heavy atom. The van der Waals surface area contributed by atoms with Crippen molar-refractivity contribution >= 4 is 29.1 Å². The molecule has 1 aromatic rings. The van der Waals surface area contributed by atoms with Crippen LogP contribution in [-0.4, -0.2) is 26.6 Å². The lowest BCUT2D eigenvalue weighted by atomic mass is 10.2. The van der Waals surface area contributed by atoms with Crippen molar-refractivity contribution in [3.8, 4) is 0 Å². The maximum atomic E-state index is 12.1. The van der Waals surface area contributed by atoms with Gasteiger partial charge in [0.1, 0.15) is 0 Å². The van der Waals surface area contributed by atoms with Crippen LogP contribution in [0.1, 0.15) is 26.2 Å². The zero-order valence-electron chi connectivity index (χ0n) is 12.1. The highest BCUT2D eigenvalue weighted by Gasteiger charge is 2.24. The van der Waals surface area contributed by atoms with Crippen LogP contribution in [-0.2, 0) is 23.7 Å². The van der Waals surface area contributed by atoms with E-state index >= 15 is 0 Å². The van der Waals surface area contributed by atoms with E-state index in [2.05, 4.69) is 9.01 Å². The third-order valence-corrected chi connectivity index (χ3v) is 6.08. The molecule has 0 heterocycles. The molecule has 0 N–H and O–H groups in total. The molecule has 21 heavy (non-hydrogen) atoms. The number of benzene rings is 1. The fourth-order valence-electron chi connectivity index (χ4n) is 1.57. The zero-order chi connectivity index (χ0) is 15.9. The van der Waals surface area contributed by atoms with E-state index in [-0.39, 0.29) is 16.4 Å². The van der Waals surface area contributed by atoms with E-state index < -0.39 is 17.5 Å². The van der Waals surface area contributed by atoms with Crippen molar-refractivity contribution in [2.24, 2.45) is 0 Å². The molecule has 2 unspecified atom stereocenters. The van der Waals surface area contributed by atoms with Crippen molar-refractivity contribution in [2.75, 3.05) is 12.8 Å². The van der Waals surface area contributed by atoms with Crippen LogP contribution in [0.2, 0.25) is 0 Å². The second-order valence-corrected chi connectivity index (χ2v) is 9.55. The molecule has 0 amide bonds. The minimum atomic E-state index is -4.06. The number of alkyl halides is 1. The molecule has 120 valence electrons. The largest absolute Gasteiger partial charge is 0.323 e. The first-order valence-electron chi connectivity index (χ1n) is 6.65. The van der Waals surface area contributed by atoms with E-state index in [9.17, 15) is 13.0 Å². The SMILES string of the molecule is CCC(Cl)CCCP(C)(=O)OOS(=O)(=O)c1ccccc1. The number of halogens is 1. The summed E-state index contributed by atoms with van der Waals surface area (Å²) in [4.78, 5) is -0.0446. The number of hydrogen-bond acceptors (Lipinski definition) is 5. The second kappa shape index (κ2) is 8.30. The molecule has 0 fully saturated rings. The molecule has 8 heteroatoms. The van der Waals surface area contributed by atoms with Crippen LogP contribution >= 0.6 is 19.0 Å². The maximum Gasteiger partial charge on any atom is 0.323 e. The van der Waals surface area contributed by atoms with Crippen molar-refractivity contribution in [1.82, 2.24) is 0 Å². The highest BCUT2D eigenvalue weighted by molar-refractivity contribution is 7.86. The van der Waals surface area contributed by atoms with Gasteiger partial charge in [-0.2, -0.15) is 13.1 Å². The average Bonchev–Trinajstić information content (AvgIpc) is 2.46. The fourth-order valence-corrected chi connectivity index (χ4v) is 3.96. The van der Waals surface area contributed by atoms with E-state index in [1.165, 1.54) is 18.8 Å². The lowest BCUT2D eigenvalue weighted by Crippen LogP contribution is -2.07. The third kappa shape index (κ3) is 6.94. The zero-order valence-corrected chi connectivity index (χ0v) is 14.5. The van der Waals surface area contributed by atoms with Gasteiger partial charge in [0.15, 0.2) is 0 Å². The van der Waals surface area contributed by atoms with Gasteiger partial charge in [-0.05, 0) is 31.4 Å². The van der Waals surface area contributed by atoms with Crippen LogP contribution in [0.15, 0.2) is 35.2 Å². The molecule has 0 bridgehead atoms. The third-order valence-electron chi connectivity index (χ3n) is 2.83. The predicted octanol–water partition coefficient (Wildman–Crippen LogP) is 4.03. The van der Waals surface area contributed by atoms with Crippen LogP contribution in [0.4, 0.5) is 0 Å². The van der Waals surface area contributed by atoms with E-state index in [4.69, 9.17) is 11.6 Å². The van der Waals surface area contributed by atoms with Gasteiger partial charge in [0, 0.05) is 18.2 Å². The van der Waals surface area contributed by atoms with E-state index in [0.717, 1.165) is 6.42 Å². The number of rotatable bonds is 9. The summed E-state index contributed by atoms with van der Waals surface area (Å²) in [7, 11) is -7.20. The first kappa shape index (κ1) is 18.7. The molecular weight excluding hydrogens is 335 g/mol. The Bertz CT molecular complexity index is 575. The van der Waals surface area contributed by atoms with Crippen molar-refractivity contribution in [2.45, 2.75) is 36.5 Å². The van der Waals surface area contributed by atoms with Gasteiger partial charge in [0.2, 0.25) is 7.37 Å². The van der Waals surface area contributed by atoms with E-state index in [0.29, 0.717) is 12.8 Å². The summed E-state index contributed by atoms with van der Waals surface area (Å²) >= 11 is 5.97. The summed E-state index contributed by atoms with van der Waals surface area (Å²) in [5.41, 5.74) is 0. The van der Waals surface area contributed by atoms with Crippen LogP contribution in [0.3, 0.4) is 0 Å². The topological polar surface area (TPSA) is 69.7 Å². The Labute approximate surface area is 131 Å². The Kier molecular flexibility index (Phi) is 7.37. The molecule has 0 saturated carbocycles. The van der Waals surface area contributed by atoms with Crippen molar-refractivity contribution in [1.29, 1.82) is 0 Å². The molecule has 1 aromatic carbocycles. The van der Waals surface area contributed by atoms with Gasteiger partial charge in [-0.15, -0.1) is 11.6 Å². The molecular formula is C13H20ClO5PS. The highest BCUT2D eigenvalue weighted by atomic mass is 35.5. The molecule has 0 spiro atoms. The molecule has 0 aliphatic carbocycles. The molecule has 0 aliphatic heterocycles. The van der Waals surface area contributed by atoms with Gasteiger partial charge >= 0.3 is 10.1 Å². The van der Waals surface area contributed by atoms with Gasteiger partial charge in [-0.25, -0.2) is 0 Å². The lowest BCUT2D eigenvalue weighted by Gasteiger charge is -2.13. The fraction of sp³-hybridized carbons (Fsp3) is 0.538. The first-order valence-corrected chi connectivity index (χ1v) is 10.8. The van der Waals surface area contributed by atoms with E-state index in [1.807, 2.05) is 6.92 Å². The molecule has 2 atom stereocenters. The summed E-state index contributed by atoms with van der Waals surface area (Å²) in [6, 6.07) is 7.55. The second-order valence-electron chi connectivity index (χ2n) is 4.80. The summed E-state index contributed by atoms with van der Waals surface area (Å²) < 4.78 is 44.9. The normalized spacial score (nSPS) is 16.3. The highest BCUT2D eigenvalue weighted by Crippen LogP contribution is 2.44. The van der Waals surface area contributed by atoms with Gasteiger partial charge in [0.05, 0.1) is 4.90 Å². The van der Waals surface area contributed by atoms with Gasteiger partial charge in [0.25, 0.3) is 0 Å². The van der Waals surface area contributed by atoms with Crippen molar-refractivity contribution in [3.05, 3.63) is 30.3 Å². The Morgan fingerprint density at radius 3 is 2.48 bits per heavy atom. The Hall–Kier alpha value is -0.390. The van der Waals surface area contributed by atoms with Gasteiger partial charge in [-0.3, -0.25) is 4.57 Å². The molecule has 0 aromatic heterocycles. The average molecular weight is 355 g/mol. The van der Waals surface area contributed by atoms with Crippen LogP contribution in [0, 0.1) is 0 Å². The minimum absolute atomic E-state index is 0.0268. The molecule has 0 radical (unpaired) electrons. The van der Waals surface area contributed by atoms with Gasteiger partial charge in [-0.1, -0.05) is 29.5 Å². The molecule has 1 rings (SSSR count). The monoisotopic (exact) mass is 354 g/mol. The quantitative estimate of drug-likeness (QED) is 0.290. The maximum absolute atomic E-state index is 12.1. The van der Waals surface area contributed by atoms with Crippen LogP contribution in [0.25, 0.3) is 0 Å². The number of hydrogen-bond donors (Lipinski definition) is 0. The van der Waals surface area contributed by atoms with Crippen LogP contribution in [0.5, 0.6) is 0 Å². The van der Waals surface area contributed by atoms with Crippen molar-refractivity contribution in [3.63, 3.8) is 0 Å². The molecule has 0 aliphatic rings. The molecule has 5 nitrogen and oxygen atoms in total. The summed E-state index contributed by atoms with van der Waals surface area (Å²) in [6.07, 6.45) is 2.34. The summed E-state index contributed by atoms with van der Waals surface area (Å²) in [6.45, 7) is 3.32. The molecule has 0 saturated heterocycles. The standard InChI is InChI=1S/C13H20ClO5PS/c1-3-12(14)8-7-11-20(2,15)18-19-21(16,17)13-9-5-4-6-10-13/h4-6,9-10,12H,3,7-8,11H2,1-2H3. The predicted molar refractivity (Wildman–Crippen MR) is 83.4 cm³/mol. The first-order chi connectivity index (χ1) is 9.77. The Morgan fingerprint density at radius 1 is 1.29 bits per heavy atom. The van der Waals surface area contributed by atoms with Gasteiger partial charge < -0.3 is 0 Å². The Balaban J connectivity index is 2.51. The van der Waals surface area contributed by atoms with Crippen LogP contribution < -0.4 is 0 Å². The van der Waals surface area contributed by atoms with E-state index in [1.54, 1.807) is 18.2 Å². The lowest BCUT2D eigenvalue weighted by molar-refractivity contribution is -0.0892. The summed E-state index contributed by atoms with van der Waals surface area (Å²) in [5.74, 6) is 0. The summed E-state index contributed by atoms with van der Waals surface area (Å²) in [5, 5.41) is 0.0268.